The van der Waals surface area contributed by atoms with Crippen LogP contribution in [-0.2, 0) is 33.3 Å². The molecule has 0 aliphatic heterocycles. The maximum Gasteiger partial charge on any atom is 0.407 e. The molecule has 1 heterocycles. The third-order valence-corrected chi connectivity index (χ3v) is 6.46. The summed E-state index contributed by atoms with van der Waals surface area (Å²) in [6, 6.07) is 15.0. The van der Waals surface area contributed by atoms with Crippen molar-refractivity contribution in [1.82, 2.24) is 15.6 Å². The number of benzene rings is 2. The first-order chi connectivity index (χ1) is 16.3. The van der Waals surface area contributed by atoms with Crippen LogP contribution in [0, 0.1) is 6.92 Å². The Morgan fingerprint density at radius 1 is 1.00 bits per heavy atom. The first-order valence-corrected chi connectivity index (χ1v) is 12.5. The van der Waals surface area contributed by atoms with Gasteiger partial charge in [-0.15, -0.1) is 11.3 Å². The monoisotopic (exact) mass is 502 g/mol. The highest BCUT2D eigenvalue weighted by Gasteiger charge is 2.26. The molecule has 0 saturated carbocycles. The van der Waals surface area contributed by atoms with E-state index in [0.717, 1.165) is 21.8 Å². The van der Waals surface area contributed by atoms with Gasteiger partial charge in [-0.25, -0.2) is 18.2 Å². The van der Waals surface area contributed by atoms with Gasteiger partial charge in [-0.3, -0.25) is 9.52 Å². The number of nitrogens with one attached hydrogen (secondary N) is 3. The number of alkyl carbamates (subject to hydrolysis) is 1. The second kappa shape index (κ2) is 12.1. The summed E-state index contributed by atoms with van der Waals surface area (Å²) in [6.07, 6.45) is 0.0234. The number of hydrogen-bond donors (Lipinski definition) is 4. The molecule has 2 atom stereocenters. The number of aryl methyl sites for hydroxylation is 1. The lowest BCUT2D eigenvalue weighted by molar-refractivity contribution is -0.123. The van der Waals surface area contributed by atoms with Crippen LogP contribution in [0.15, 0.2) is 60.0 Å². The zero-order valence-electron chi connectivity index (χ0n) is 18.7. The van der Waals surface area contributed by atoms with Gasteiger partial charge in [0.05, 0.1) is 13.2 Å². The predicted molar refractivity (Wildman–Crippen MR) is 131 cm³/mol. The van der Waals surface area contributed by atoms with Gasteiger partial charge in [0, 0.05) is 23.2 Å². The van der Waals surface area contributed by atoms with Crippen molar-refractivity contribution in [3.8, 4) is 0 Å². The fourth-order valence-corrected chi connectivity index (χ4v) is 4.53. The highest BCUT2D eigenvalue weighted by molar-refractivity contribution is 7.73. The Balaban J connectivity index is 1.80. The van der Waals surface area contributed by atoms with Crippen LogP contribution >= 0.6 is 11.3 Å². The molecule has 0 bridgehead atoms. The van der Waals surface area contributed by atoms with E-state index >= 15 is 0 Å². The van der Waals surface area contributed by atoms with Gasteiger partial charge in [-0.2, -0.15) is 0 Å². The second-order valence-corrected chi connectivity index (χ2v) is 9.16. The molecule has 0 spiro atoms. The van der Waals surface area contributed by atoms with Crippen LogP contribution < -0.4 is 15.4 Å². The Kier molecular flexibility index (Phi) is 9.00. The van der Waals surface area contributed by atoms with E-state index in [1.807, 2.05) is 42.6 Å². The quantitative estimate of drug-likeness (QED) is 0.316. The van der Waals surface area contributed by atoms with Crippen LogP contribution in [0.4, 0.5) is 10.5 Å². The normalized spacial score (nSPS) is 12.6. The number of aromatic nitrogens is 1. The Labute approximate surface area is 203 Å². The van der Waals surface area contributed by atoms with Crippen LogP contribution in [-0.4, -0.2) is 38.6 Å². The molecule has 9 nitrogen and oxygen atoms in total. The molecule has 3 rings (SSSR count). The van der Waals surface area contributed by atoms with Crippen molar-refractivity contribution in [1.29, 1.82) is 0 Å². The van der Waals surface area contributed by atoms with E-state index in [2.05, 4.69) is 20.3 Å². The molecule has 180 valence electrons. The van der Waals surface area contributed by atoms with Gasteiger partial charge in [0.15, 0.2) is 0 Å². The highest BCUT2D eigenvalue weighted by Crippen LogP contribution is 2.23. The average Bonchev–Trinajstić information content (AvgIpc) is 3.25. The molecule has 11 heteroatoms. The number of carbonyl (C=O) groups excluding carboxylic acids is 2. The molecule has 3 aromatic rings. The summed E-state index contributed by atoms with van der Waals surface area (Å²) in [6.45, 7) is 1.88. The number of thiazole rings is 1. The van der Waals surface area contributed by atoms with Crippen LogP contribution in [0.25, 0.3) is 0 Å². The minimum atomic E-state index is -2.75. The first-order valence-electron chi connectivity index (χ1n) is 10.4. The van der Waals surface area contributed by atoms with Crippen molar-refractivity contribution in [2.24, 2.45) is 0 Å². The van der Waals surface area contributed by atoms with E-state index in [9.17, 15) is 18.0 Å². The third kappa shape index (κ3) is 7.56. The van der Waals surface area contributed by atoms with Gasteiger partial charge in [-0.05, 0) is 36.6 Å². The lowest BCUT2D eigenvalue weighted by atomic mass is 10.0. The fraction of sp³-hybridized carbons (Fsp3) is 0.261. The van der Waals surface area contributed by atoms with Gasteiger partial charge in [0.25, 0.3) is 0 Å². The summed E-state index contributed by atoms with van der Waals surface area (Å²) in [4.78, 5) is 29.7. The molecule has 0 saturated heterocycles. The number of anilines is 1. The fourth-order valence-electron chi connectivity index (χ4n) is 3.32. The van der Waals surface area contributed by atoms with Crippen LogP contribution in [0.2, 0.25) is 0 Å². The standard InChI is InChI=1S/C23H26N4O5S2/c1-15-14-33-22(24-15)20(13-17-8-10-18(11-9-17)27-34(30)31)25-21(28)19(26-23(29)32-2)12-16-6-4-3-5-7-16/h3-11,14,19-20,34H,12-13H2,1-2H3,(H,25,28)(H,26,29)(H,27,30,31)/t19-,20-/m0/s1. The molecule has 2 aromatic carbocycles. The molecule has 0 unspecified atom stereocenters. The minimum absolute atomic E-state index is 0.291. The number of methoxy groups -OCH3 is 1. The summed E-state index contributed by atoms with van der Waals surface area (Å²) in [5.74, 6) is -0.367. The lowest BCUT2D eigenvalue weighted by Crippen LogP contribution is -2.49. The van der Waals surface area contributed by atoms with Crippen molar-refractivity contribution in [2.45, 2.75) is 31.8 Å². The Hall–Kier alpha value is -3.44. The number of thiol groups is 1. The highest BCUT2D eigenvalue weighted by atomic mass is 32.2. The summed E-state index contributed by atoms with van der Waals surface area (Å²) >= 11 is 1.43. The van der Waals surface area contributed by atoms with Crippen molar-refractivity contribution in [3.05, 3.63) is 81.8 Å². The number of ether oxygens (including phenoxy) is 1. The summed E-state index contributed by atoms with van der Waals surface area (Å²) in [5.41, 5.74) is 3.06. The Morgan fingerprint density at radius 3 is 2.26 bits per heavy atom. The molecule has 0 fully saturated rings. The lowest BCUT2D eigenvalue weighted by Gasteiger charge is -2.22. The third-order valence-electron chi connectivity index (χ3n) is 4.94. The second-order valence-electron chi connectivity index (χ2n) is 7.54. The maximum absolute atomic E-state index is 13.3. The predicted octanol–water partition coefficient (Wildman–Crippen LogP) is 2.76. The van der Waals surface area contributed by atoms with E-state index in [-0.39, 0.29) is 5.91 Å². The van der Waals surface area contributed by atoms with Crippen LogP contribution in [0.3, 0.4) is 0 Å². The molecule has 34 heavy (non-hydrogen) atoms. The molecule has 2 amide bonds. The van der Waals surface area contributed by atoms with E-state index in [0.29, 0.717) is 18.5 Å². The smallest absolute Gasteiger partial charge is 0.407 e. The van der Waals surface area contributed by atoms with Gasteiger partial charge in [0.1, 0.15) is 11.0 Å². The zero-order valence-corrected chi connectivity index (χ0v) is 20.4. The largest absolute Gasteiger partial charge is 0.453 e. The molecule has 3 N–H and O–H groups in total. The number of hydrogen-bond acceptors (Lipinski definition) is 7. The van der Waals surface area contributed by atoms with Crippen molar-refractivity contribution in [3.63, 3.8) is 0 Å². The van der Waals surface area contributed by atoms with Crippen molar-refractivity contribution < 1.29 is 22.7 Å². The molecular weight excluding hydrogens is 476 g/mol. The Morgan fingerprint density at radius 2 is 1.68 bits per heavy atom. The number of amides is 2. The summed E-state index contributed by atoms with van der Waals surface area (Å²) in [7, 11) is -1.50. The zero-order chi connectivity index (χ0) is 24.5. The SMILES string of the molecule is COC(=O)N[C@@H](Cc1ccccc1)C(=O)N[C@@H](Cc1ccc(N[SH](=O)=O)cc1)c1nc(C)cs1. The average molecular weight is 503 g/mol. The van der Waals surface area contributed by atoms with Gasteiger partial charge < -0.3 is 15.4 Å². The number of rotatable bonds is 10. The number of nitrogens with zero attached hydrogens (tertiary/aromatic N) is 1. The Bertz CT molecular complexity index is 1170. The van der Waals surface area contributed by atoms with Crippen molar-refractivity contribution in [2.75, 3.05) is 11.8 Å². The van der Waals surface area contributed by atoms with E-state index in [1.165, 1.54) is 18.4 Å². The van der Waals surface area contributed by atoms with Gasteiger partial charge in [-0.1, -0.05) is 42.5 Å². The summed E-state index contributed by atoms with van der Waals surface area (Å²) in [5, 5.41) is 8.26. The topological polar surface area (TPSA) is 126 Å². The maximum atomic E-state index is 13.3. The van der Waals surface area contributed by atoms with Crippen molar-refractivity contribution >= 4 is 39.9 Å². The molecule has 1 aromatic heterocycles. The van der Waals surface area contributed by atoms with Gasteiger partial charge >= 0.3 is 6.09 Å². The summed E-state index contributed by atoms with van der Waals surface area (Å²) < 4.78 is 28.8. The van der Waals surface area contributed by atoms with E-state index in [1.54, 1.807) is 24.3 Å². The van der Waals surface area contributed by atoms with Crippen LogP contribution in [0.5, 0.6) is 0 Å². The first kappa shape index (κ1) is 25.2. The minimum Gasteiger partial charge on any atom is -0.453 e. The molecule has 0 aliphatic carbocycles. The molecule has 0 radical (unpaired) electrons. The van der Waals surface area contributed by atoms with Crippen LogP contribution in [0.1, 0.15) is 27.9 Å². The molecule has 0 aliphatic rings. The van der Waals surface area contributed by atoms with E-state index < -0.39 is 29.1 Å². The molecular formula is C23H26N4O5S2. The van der Waals surface area contributed by atoms with Gasteiger partial charge in [0.2, 0.25) is 16.8 Å². The van der Waals surface area contributed by atoms with E-state index in [4.69, 9.17) is 4.74 Å². The number of carbonyl (C=O) groups is 2.